The molecule has 2 saturated heterocycles. The van der Waals surface area contributed by atoms with Crippen molar-refractivity contribution in [2.75, 3.05) is 30.5 Å². The van der Waals surface area contributed by atoms with Crippen molar-refractivity contribution in [1.29, 1.82) is 0 Å². The Morgan fingerprint density at radius 3 is 2.68 bits per heavy atom. The number of fused-ring (bicyclic) bond motifs is 1. The molecule has 2 fully saturated rings. The topological polar surface area (TPSA) is 147 Å². The molecule has 15 heteroatoms. The number of hydrogen-bond donors (Lipinski definition) is 3. The van der Waals surface area contributed by atoms with Gasteiger partial charge in [0.2, 0.25) is 0 Å². The SMILES string of the molecule is O=P(O)(O)CP(=O)(O)OC[C@@H]1C[C@H](F)[C@H](c2cnc3c(N4CCCC4)cc(Cl)nn23)O1. The van der Waals surface area contributed by atoms with Gasteiger partial charge in [0, 0.05) is 25.6 Å². The summed E-state index contributed by atoms with van der Waals surface area (Å²) in [5, 5.41) is 4.46. The summed E-state index contributed by atoms with van der Waals surface area (Å²) in [6.07, 6.45) is 0.0223. The normalized spacial score (nSPS) is 26.6. The highest BCUT2D eigenvalue weighted by molar-refractivity contribution is 7.70. The molecular formula is C16H22ClFN4O7P2. The van der Waals surface area contributed by atoms with E-state index in [4.69, 9.17) is 30.6 Å². The second-order valence-electron chi connectivity index (χ2n) is 7.63. The predicted molar refractivity (Wildman–Crippen MR) is 109 cm³/mol. The number of halogens is 2. The van der Waals surface area contributed by atoms with Gasteiger partial charge in [-0.15, -0.1) is 0 Å². The first kappa shape index (κ1) is 23.1. The Morgan fingerprint density at radius 2 is 2.00 bits per heavy atom. The van der Waals surface area contributed by atoms with Crippen LogP contribution in [-0.4, -0.2) is 67.2 Å². The number of hydrogen-bond acceptors (Lipinski definition) is 7. The van der Waals surface area contributed by atoms with Crippen LogP contribution in [0.1, 0.15) is 31.1 Å². The summed E-state index contributed by atoms with van der Waals surface area (Å²) in [5.41, 5.74) is 1.67. The first-order chi connectivity index (χ1) is 14.5. The van der Waals surface area contributed by atoms with Crippen LogP contribution in [-0.2, 0) is 18.4 Å². The van der Waals surface area contributed by atoms with E-state index in [1.54, 1.807) is 6.07 Å². The summed E-state index contributed by atoms with van der Waals surface area (Å²) >= 11 is 6.19. The number of nitrogens with zero attached hydrogens (tertiary/aromatic N) is 4. The maximum Gasteiger partial charge on any atom is 0.340 e. The fraction of sp³-hybridized carbons (Fsp3) is 0.625. The third kappa shape index (κ3) is 5.29. The lowest BCUT2D eigenvalue weighted by molar-refractivity contribution is 0.00139. The zero-order valence-corrected chi connectivity index (χ0v) is 18.8. The molecule has 172 valence electrons. The van der Waals surface area contributed by atoms with Gasteiger partial charge in [-0.25, -0.2) is 13.9 Å². The van der Waals surface area contributed by atoms with Gasteiger partial charge in [0.25, 0.3) is 0 Å². The van der Waals surface area contributed by atoms with Gasteiger partial charge in [-0.3, -0.25) is 9.13 Å². The average molecular weight is 499 g/mol. The Labute approximate surface area is 181 Å². The number of rotatable bonds is 7. The van der Waals surface area contributed by atoms with Crippen LogP contribution in [0.5, 0.6) is 0 Å². The fourth-order valence-electron chi connectivity index (χ4n) is 3.88. The van der Waals surface area contributed by atoms with E-state index in [9.17, 15) is 18.4 Å². The Morgan fingerprint density at radius 1 is 1.29 bits per heavy atom. The summed E-state index contributed by atoms with van der Waals surface area (Å²) in [7, 11) is -9.30. The van der Waals surface area contributed by atoms with E-state index in [0.29, 0.717) is 11.3 Å². The highest BCUT2D eigenvalue weighted by Crippen LogP contribution is 2.55. The molecular weight excluding hydrogens is 477 g/mol. The van der Waals surface area contributed by atoms with Crippen LogP contribution in [0.4, 0.5) is 10.1 Å². The second kappa shape index (κ2) is 8.68. The van der Waals surface area contributed by atoms with E-state index in [1.807, 2.05) is 0 Å². The monoisotopic (exact) mass is 498 g/mol. The highest BCUT2D eigenvalue weighted by Gasteiger charge is 2.40. The number of ether oxygens (including phenoxy) is 1. The molecule has 0 spiro atoms. The second-order valence-corrected chi connectivity index (χ2v) is 12.0. The van der Waals surface area contributed by atoms with Crippen molar-refractivity contribution in [1.82, 2.24) is 14.6 Å². The van der Waals surface area contributed by atoms with Crippen LogP contribution in [0, 0.1) is 0 Å². The molecule has 4 atom stereocenters. The molecule has 31 heavy (non-hydrogen) atoms. The summed E-state index contributed by atoms with van der Waals surface area (Å²) in [5.74, 6) is -1.32. The van der Waals surface area contributed by atoms with Crippen molar-refractivity contribution in [3.63, 3.8) is 0 Å². The quantitative estimate of drug-likeness (QED) is 0.486. The minimum absolute atomic E-state index is 0.132. The van der Waals surface area contributed by atoms with Gasteiger partial charge >= 0.3 is 15.2 Å². The maximum atomic E-state index is 14.8. The Balaban J connectivity index is 1.51. The van der Waals surface area contributed by atoms with Gasteiger partial charge in [-0.05, 0) is 12.8 Å². The largest absolute Gasteiger partial charge is 0.368 e. The first-order valence-corrected chi connectivity index (χ1v) is 13.6. The summed E-state index contributed by atoms with van der Waals surface area (Å²) in [6, 6.07) is 1.72. The van der Waals surface area contributed by atoms with Gasteiger partial charge in [-0.1, -0.05) is 11.6 Å². The minimum Gasteiger partial charge on any atom is -0.368 e. The predicted octanol–water partition coefficient (Wildman–Crippen LogP) is 2.49. The standard InChI is InChI=1S/C16H22ClFN4O7P2/c17-14-6-12(21-3-1-2-4-21)16-19-7-13(22(16)20-14)15-11(18)5-10(29-15)8-28-31(26,27)9-30(23,24)25/h6-7,10-11,15H,1-5,8-9H2,(H,26,27)(H2,23,24,25)/t10-,11-,15+/m0/s1. The Hall–Kier alpha value is -1.10. The molecule has 1 unspecified atom stereocenters. The number of anilines is 1. The lowest BCUT2D eigenvalue weighted by Crippen LogP contribution is -2.20. The zero-order valence-electron chi connectivity index (χ0n) is 16.3. The van der Waals surface area contributed by atoms with Crippen molar-refractivity contribution in [3.8, 4) is 0 Å². The van der Waals surface area contributed by atoms with Crippen LogP contribution in [0.15, 0.2) is 12.3 Å². The molecule has 0 saturated carbocycles. The molecule has 2 aromatic heterocycles. The van der Waals surface area contributed by atoms with E-state index in [1.165, 1.54) is 10.7 Å². The highest BCUT2D eigenvalue weighted by atomic mass is 35.5. The van der Waals surface area contributed by atoms with Crippen molar-refractivity contribution in [3.05, 3.63) is 23.1 Å². The summed E-state index contributed by atoms with van der Waals surface area (Å²) in [4.78, 5) is 33.8. The lowest BCUT2D eigenvalue weighted by Gasteiger charge is -2.19. The van der Waals surface area contributed by atoms with Gasteiger partial charge in [0.05, 0.1) is 30.3 Å². The Kier molecular flexibility index (Phi) is 6.46. The van der Waals surface area contributed by atoms with E-state index < -0.39 is 46.1 Å². The summed E-state index contributed by atoms with van der Waals surface area (Å²) in [6.45, 7) is 1.23. The maximum absolute atomic E-state index is 14.8. The number of alkyl halides is 1. The Bertz CT molecular complexity index is 1060. The van der Waals surface area contributed by atoms with E-state index >= 15 is 0 Å². The van der Waals surface area contributed by atoms with Crippen molar-refractivity contribution < 1.29 is 37.5 Å². The van der Waals surface area contributed by atoms with Gasteiger partial charge in [-0.2, -0.15) is 5.10 Å². The third-order valence-electron chi connectivity index (χ3n) is 5.16. The molecule has 0 radical (unpaired) electrons. The van der Waals surface area contributed by atoms with Crippen LogP contribution in [0.2, 0.25) is 5.15 Å². The van der Waals surface area contributed by atoms with E-state index in [0.717, 1.165) is 31.6 Å². The lowest BCUT2D eigenvalue weighted by atomic mass is 10.1. The average Bonchev–Trinajstić information content (AvgIpc) is 3.37. The molecule has 0 amide bonds. The van der Waals surface area contributed by atoms with Crippen LogP contribution in [0.3, 0.4) is 0 Å². The minimum atomic E-state index is -4.75. The van der Waals surface area contributed by atoms with Crippen molar-refractivity contribution in [2.24, 2.45) is 0 Å². The van der Waals surface area contributed by atoms with Crippen LogP contribution in [0.25, 0.3) is 5.65 Å². The van der Waals surface area contributed by atoms with Crippen molar-refractivity contribution in [2.45, 2.75) is 37.6 Å². The smallest absolute Gasteiger partial charge is 0.340 e. The summed E-state index contributed by atoms with van der Waals surface area (Å²) < 4.78 is 49.4. The van der Waals surface area contributed by atoms with Crippen LogP contribution >= 0.6 is 26.8 Å². The van der Waals surface area contributed by atoms with E-state index in [-0.39, 0.29) is 11.6 Å². The molecule has 0 aromatic carbocycles. The molecule has 4 rings (SSSR count). The number of imidazole rings is 1. The van der Waals surface area contributed by atoms with Gasteiger partial charge < -0.3 is 28.8 Å². The molecule has 3 N–H and O–H groups in total. The third-order valence-corrected chi connectivity index (χ3v) is 8.80. The molecule has 11 nitrogen and oxygen atoms in total. The molecule has 2 aliphatic heterocycles. The molecule has 0 aliphatic carbocycles. The zero-order chi connectivity index (χ0) is 22.4. The van der Waals surface area contributed by atoms with Gasteiger partial charge in [0.15, 0.2) is 16.7 Å². The first-order valence-electron chi connectivity index (χ1n) is 9.62. The molecule has 4 heterocycles. The molecule has 0 bridgehead atoms. The molecule has 2 aromatic rings. The van der Waals surface area contributed by atoms with Crippen molar-refractivity contribution >= 4 is 38.1 Å². The number of aromatic nitrogens is 3. The van der Waals surface area contributed by atoms with Gasteiger partial charge in [0.1, 0.15) is 12.3 Å². The van der Waals surface area contributed by atoms with E-state index in [2.05, 4.69) is 15.0 Å². The fourth-order valence-corrected chi connectivity index (χ4v) is 6.65. The van der Waals surface area contributed by atoms with Crippen LogP contribution < -0.4 is 4.90 Å². The molecule has 2 aliphatic rings.